The van der Waals surface area contributed by atoms with Gasteiger partial charge in [-0.1, -0.05) is 72.8 Å². The standard InChI is InChI=1S/C39H34N4/c1-3-41-35-16-10-8-14-31(35)33-24-27(19-22-37(33)41)18-21-29-26-39(43(40-29)30-12-6-5-7-13-30)28-20-23-38-34(25-28)32-15-9-11-17-36(32)42(38)4-2/h5-25,39H,3-4,26H2,1-2H3/b21-18+. The Labute approximate surface area is 251 Å². The van der Waals surface area contributed by atoms with E-state index in [2.05, 4.69) is 155 Å². The van der Waals surface area contributed by atoms with Gasteiger partial charge in [0.15, 0.2) is 0 Å². The summed E-state index contributed by atoms with van der Waals surface area (Å²) in [6.07, 6.45) is 5.28. The Kier molecular flexibility index (Phi) is 6.15. The van der Waals surface area contributed by atoms with Crippen molar-refractivity contribution < 1.29 is 0 Å². The Balaban J connectivity index is 1.17. The van der Waals surface area contributed by atoms with Gasteiger partial charge in [0.2, 0.25) is 0 Å². The number of allylic oxidation sites excluding steroid dienone is 1. The molecule has 0 N–H and O–H groups in total. The number of hydrogen-bond donors (Lipinski definition) is 0. The van der Waals surface area contributed by atoms with Crippen LogP contribution in [-0.2, 0) is 13.1 Å². The van der Waals surface area contributed by atoms with Crippen LogP contribution in [0, 0.1) is 0 Å². The molecule has 5 aromatic carbocycles. The van der Waals surface area contributed by atoms with Crippen molar-refractivity contribution in [1.29, 1.82) is 0 Å². The second kappa shape index (κ2) is 10.3. The molecule has 1 unspecified atom stereocenters. The van der Waals surface area contributed by atoms with Gasteiger partial charge in [-0.3, -0.25) is 5.01 Å². The number of rotatable bonds is 6. The Bertz CT molecular complexity index is 2200. The third kappa shape index (κ3) is 4.17. The maximum Gasteiger partial charge on any atom is 0.0831 e. The van der Waals surface area contributed by atoms with Crippen molar-refractivity contribution in [1.82, 2.24) is 9.13 Å². The molecule has 7 aromatic rings. The number of anilines is 1. The highest BCUT2D eigenvalue weighted by Crippen LogP contribution is 2.39. The quantitative estimate of drug-likeness (QED) is 0.199. The molecule has 4 nitrogen and oxygen atoms in total. The predicted octanol–water partition coefficient (Wildman–Crippen LogP) is 9.96. The SMILES string of the molecule is CCn1c2ccccc2c2cc(/C=C/C3=NN(c4ccccc4)C(c4ccc5c(c4)c4ccccc4n5CC)C3)ccc21. The van der Waals surface area contributed by atoms with Crippen LogP contribution in [0.1, 0.15) is 37.4 Å². The minimum absolute atomic E-state index is 0.125. The van der Waals surface area contributed by atoms with E-state index < -0.39 is 0 Å². The van der Waals surface area contributed by atoms with Gasteiger partial charge < -0.3 is 9.13 Å². The first-order chi connectivity index (χ1) is 21.2. The van der Waals surface area contributed by atoms with E-state index in [-0.39, 0.29) is 6.04 Å². The van der Waals surface area contributed by atoms with Crippen molar-refractivity contribution in [3.8, 4) is 0 Å². The molecule has 1 atom stereocenters. The Morgan fingerprint density at radius 3 is 1.86 bits per heavy atom. The molecular weight excluding hydrogens is 524 g/mol. The molecule has 0 saturated heterocycles. The van der Waals surface area contributed by atoms with Crippen LogP contribution >= 0.6 is 0 Å². The van der Waals surface area contributed by atoms with E-state index in [1.807, 2.05) is 0 Å². The van der Waals surface area contributed by atoms with Crippen LogP contribution in [0.4, 0.5) is 5.69 Å². The maximum atomic E-state index is 5.18. The summed E-state index contributed by atoms with van der Waals surface area (Å²) >= 11 is 0. The summed E-state index contributed by atoms with van der Waals surface area (Å²) < 4.78 is 4.81. The molecule has 0 radical (unpaired) electrons. The molecule has 210 valence electrons. The van der Waals surface area contributed by atoms with Gasteiger partial charge in [0.05, 0.1) is 17.4 Å². The Morgan fingerprint density at radius 2 is 1.19 bits per heavy atom. The molecule has 43 heavy (non-hydrogen) atoms. The molecule has 0 spiro atoms. The van der Waals surface area contributed by atoms with Crippen LogP contribution in [0.15, 0.2) is 126 Å². The summed E-state index contributed by atoms with van der Waals surface area (Å²) in [5.74, 6) is 0. The van der Waals surface area contributed by atoms with Gasteiger partial charge in [0.1, 0.15) is 0 Å². The summed E-state index contributed by atoms with van der Waals surface area (Å²) in [6.45, 7) is 6.34. The molecule has 1 aliphatic heterocycles. The van der Waals surface area contributed by atoms with E-state index in [1.54, 1.807) is 0 Å². The number of fused-ring (bicyclic) bond motifs is 6. The zero-order valence-corrected chi connectivity index (χ0v) is 24.6. The number of hydrazone groups is 1. The highest BCUT2D eigenvalue weighted by Gasteiger charge is 2.29. The highest BCUT2D eigenvalue weighted by atomic mass is 15.5. The lowest BCUT2D eigenvalue weighted by Gasteiger charge is -2.24. The van der Waals surface area contributed by atoms with Crippen molar-refractivity contribution in [3.63, 3.8) is 0 Å². The number of para-hydroxylation sites is 3. The zero-order chi connectivity index (χ0) is 28.9. The van der Waals surface area contributed by atoms with Gasteiger partial charge in [-0.25, -0.2) is 0 Å². The fourth-order valence-corrected chi connectivity index (χ4v) is 7.04. The van der Waals surface area contributed by atoms with Gasteiger partial charge in [-0.15, -0.1) is 0 Å². The molecule has 0 fully saturated rings. The number of nitrogens with zero attached hydrogens (tertiary/aromatic N) is 4. The molecule has 0 amide bonds. The second-order valence-corrected chi connectivity index (χ2v) is 11.4. The van der Waals surface area contributed by atoms with Crippen molar-refractivity contribution in [3.05, 3.63) is 132 Å². The summed E-state index contributed by atoms with van der Waals surface area (Å²) in [5.41, 5.74) is 9.84. The van der Waals surface area contributed by atoms with Crippen LogP contribution < -0.4 is 5.01 Å². The van der Waals surface area contributed by atoms with Crippen molar-refractivity contribution >= 4 is 61.1 Å². The minimum Gasteiger partial charge on any atom is -0.341 e. The largest absolute Gasteiger partial charge is 0.341 e. The van der Waals surface area contributed by atoms with Gasteiger partial charge in [-0.2, -0.15) is 5.10 Å². The maximum absolute atomic E-state index is 5.18. The van der Waals surface area contributed by atoms with Gasteiger partial charge in [0, 0.05) is 63.1 Å². The van der Waals surface area contributed by atoms with Crippen molar-refractivity contribution in [2.24, 2.45) is 5.10 Å². The summed E-state index contributed by atoms with van der Waals surface area (Å²) in [4.78, 5) is 0. The van der Waals surface area contributed by atoms with Crippen LogP contribution in [0.3, 0.4) is 0 Å². The number of hydrogen-bond acceptors (Lipinski definition) is 2. The smallest absolute Gasteiger partial charge is 0.0831 e. The number of aryl methyl sites for hydroxylation is 2. The first kappa shape index (κ1) is 25.6. The summed E-state index contributed by atoms with van der Waals surface area (Å²) in [5, 5.41) is 12.6. The molecule has 3 heterocycles. The molecule has 2 aromatic heterocycles. The van der Waals surface area contributed by atoms with Crippen molar-refractivity contribution in [2.75, 3.05) is 5.01 Å². The lowest BCUT2D eigenvalue weighted by atomic mass is 9.98. The molecule has 1 aliphatic rings. The van der Waals surface area contributed by atoms with Crippen LogP contribution in [0.5, 0.6) is 0 Å². The van der Waals surface area contributed by atoms with E-state index >= 15 is 0 Å². The lowest BCUT2D eigenvalue weighted by Crippen LogP contribution is -2.18. The molecule has 0 aliphatic carbocycles. The zero-order valence-electron chi connectivity index (χ0n) is 24.6. The normalized spacial score (nSPS) is 15.5. The first-order valence-corrected chi connectivity index (χ1v) is 15.3. The van der Waals surface area contributed by atoms with Crippen molar-refractivity contribution in [2.45, 2.75) is 39.4 Å². The first-order valence-electron chi connectivity index (χ1n) is 15.3. The third-order valence-corrected chi connectivity index (χ3v) is 9.03. The lowest BCUT2D eigenvalue weighted by molar-refractivity contribution is 0.710. The van der Waals surface area contributed by atoms with E-state index in [1.165, 1.54) is 54.7 Å². The average molecular weight is 559 g/mol. The van der Waals surface area contributed by atoms with Gasteiger partial charge >= 0.3 is 0 Å². The van der Waals surface area contributed by atoms with Crippen LogP contribution in [0.2, 0.25) is 0 Å². The Morgan fingerprint density at radius 1 is 0.605 bits per heavy atom. The van der Waals surface area contributed by atoms with Crippen LogP contribution in [0.25, 0.3) is 49.7 Å². The Hall–Kier alpha value is -5.09. The molecule has 8 rings (SSSR count). The van der Waals surface area contributed by atoms with Gasteiger partial charge in [-0.05, 0) is 79.6 Å². The monoisotopic (exact) mass is 558 g/mol. The molecule has 0 saturated carbocycles. The topological polar surface area (TPSA) is 25.5 Å². The van der Waals surface area contributed by atoms with E-state index in [0.717, 1.165) is 30.9 Å². The summed E-state index contributed by atoms with van der Waals surface area (Å²) in [6, 6.07) is 41.9. The molecule has 0 bridgehead atoms. The van der Waals surface area contributed by atoms with Gasteiger partial charge in [0.25, 0.3) is 0 Å². The third-order valence-electron chi connectivity index (χ3n) is 9.03. The molecule has 4 heteroatoms. The number of aromatic nitrogens is 2. The van der Waals surface area contributed by atoms with E-state index in [4.69, 9.17) is 5.10 Å². The minimum atomic E-state index is 0.125. The number of benzene rings is 5. The summed E-state index contributed by atoms with van der Waals surface area (Å²) in [7, 11) is 0. The average Bonchev–Trinajstić information content (AvgIpc) is 3.73. The highest BCUT2D eigenvalue weighted by molar-refractivity contribution is 6.10. The van der Waals surface area contributed by atoms with Crippen LogP contribution in [-0.4, -0.2) is 14.8 Å². The van der Waals surface area contributed by atoms with E-state index in [9.17, 15) is 0 Å². The molecular formula is C39H34N4. The fraction of sp³-hybridized carbons (Fsp3) is 0.154. The van der Waals surface area contributed by atoms with E-state index in [0.29, 0.717) is 0 Å². The predicted molar refractivity (Wildman–Crippen MR) is 183 cm³/mol. The second-order valence-electron chi connectivity index (χ2n) is 11.4. The fourth-order valence-electron chi connectivity index (χ4n) is 7.04.